The summed E-state index contributed by atoms with van der Waals surface area (Å²) in [5.74, 6) is 0.901. The fourth-order valence-corrected chi connectivity index (χ4v) is 3.61. The molecular weight excluding hydrogens is 288 g/mol. The zero-order valence-electron chi connectivity index (χ0n) is 12.5. The van der Waals surface area contributed by atoms with E-state index in [-0.39, 0.29) is 0 Å². The molecule has 2 heterocycles. The minimum atomic E-state index is -0.901. The van der Waals surface area contributed by atoms with Crippen LogP contribution in [0, 0.1) is 0 Å². The molecule has 3 rings (SSSR count). The molecule has 0 aliphatic heterocycles. The Labute approximate surface area is 129 Å². The predicted molar refractivity (Wildman–Crippen MR) is 81.5 cm³/mol. The lowest BCUT2D eigenvalue weighted by Gasteiger charge is -2.32. The molecule has 2 aromatic rings. The minimum Gasteiger partial charge on any atom is -0.469 e. The van der Waals surface area contributed by atoms with Crippen LogP contribution in [0.5, 0.6) is 0 Å². The molecule has 21 heavy (non-hydrogen) atoms. The van der Waals surface area contributed by atoms with Crippen molar-refractivity contribution >= 4 is 11.6 Å². The molecule has 1 atom stereocenters. The SMILES string of the molecule is CCc1nn(CC)c(CC2(O)CCCc3occc32)c1Cl. The quantitative estimate of drug-likeness (QED) is 0.941. The van der Waals surface area contributed by atoms with Crippen molar-refractivity contribution in [3.05, 3.63) is 40.1 Å². The summed E-state index contributed by atoms with van der Waals surface area (Å²) >= 11 is 6.47. The van der Waals surface area contributed by atoms with E-state index in [1.54, 1.807) is 6.26 Å². The lowest BCUT2D eigenvalue weighted by molar-refractivity contribution is 0.0150. The van der Waals surface area contributed by atoms with Gasteiger partial charge in [0.05, 0.1) is 28.3 Å². The molecule has 1 aliphatic rings. The van der Waals surface area contributed by atoms with Crippen LogP contribution in [0.15, 0.2) is 16.7 Å². The van der Waals surface area contributed by atoms with Crippen molar-refractivity contribution in [3.8, 4) is 0 Å². The normalized spacial score (nSPS) is 21.5. The zero-order valence-corrected chi connectivity index (χ0v) is 13.3. The molecule has 4 nitrogen and oxygen atoms in total. The standard InChI is InChI=1S/C16H21ClN2O2/c1-3-12-15(17)13(19(4-2)18-12)10-16(20)8-5-6-14-11(16)7-9-21-14/h7,9,20H,3-6,8,10H2,1-2H3. The van der Waals surface area contributed by atoms with Crippen LogP contribution in [0.4, 0.5) is 0 Å². The van der Waals surface area contributed by atoms with Gasteiger partial charge in [-0.25, -0.2) is 0 Å². The number of halogens is 1. The van der Waals surface area contributed by atoms with E-state index in [1.807, 2.05) is 24.6 Å². The van der Waals surface area contributed by atoms with Crippen molar-refractivity contribution in [3.63, 3.8) is 0 Å². The average molecular weight is 309 g/mol. The van der Waals surface area contributed by atoms with Crippen LogP contribution < -0.4 is 0 Å². The highest BCUT2D eigenvalue weighted by atomic mass is 35.5. The van der Waals surface area contributed by atoms with E-state index in [9.17, 15) is 5.11 Å². The number of fused-ring (bicyclic) bond motifs is 1. The molecule has 1 unspecified atom stereocenters. The van der Waals surface area contributed by atoms with E-state index in [4.69, 9.17) is 16.0 Å². The Balaban J connectivity index is 2.00. The van der Waals surface area contributed by atoms with Crippen molar-refractivity contribution in [2.75, 3.05) is 0 Å². The van der Waals surface area contributed by atoms with Crippen LogP contribution in [0.1, 0.15) is 49.4 Å². The minimum absolute atomic E-state index is 0.485. The Hall–Kier alpha value is -1.26. The number of hydrogen-bond acceptors (Lipinski definition) is 3. The Morgan fingerprint density at radius 1 is 1.48 bits per heavy atom. The second-order valence-electron chi connectivity index (χ2n) is 5.70. The molecule has 0 saturated carbocycles. The van der Waals surface area contributed by atoms with Gasteiger partial charge in [-0.05, 0) is 32.3 Å². The third kappa shape index (κ3) is 2.40. The maximum absolute atomic E-state index is 11.1. The van der Waals surface area contributed by atoms with Gasteiger partial charge in [-0.2, -0.15) is 5.10 Å². The van der Waals surface area contributed by atoms with Gasteiger partial charge in [-0.1, -0.05) is 18.5 Å². The molecule has 2 aromatic heterocycles. The molecule has 0 radical (unpaired) electrons. The first-order chi connectivity index (χ1) is 10.1. The van der Waals surface area contributed by atoms with Crippen LogP contribution in [0.3, 0.4) is 0 Å². The Morgan fingerprint density at radius 3 is 3.00 bits per heavy atom. The fraction of sp³-hybridized carbons (Fsp3) is 0.562. The summed E-state index contributed by atoms with van der Waals surface area (Å²) < 4.78 is 7.40. The van der Waals surface area contributed by atoms with Gasteiger partial charge in [-0.15, -0.1) is 0 Å². The summed E-state index contributed by atoms with van der Waals surface area (Å²) in [4.78, 5) is 0. The van der Waals surface area contributed by atoms with Crippen LogP contribution >= 0.6 is 11.6 Å². The fourth-order valence-electron chi connectivity index (χ4n) is 3.27. The number of nitrogens with zero attached hydrogens (tertiary/aromatic N) is 2. The summed E-state index contributed by atoms with van der Waals surface area (Å²) in [7, 11) is 0. The molecule has 0 amide bonds. The summed E-state index contributed by atoms with van der Waals surface area (Å²) in [6.45, 7) is 4.84. The maximum Gasteiger partial charge on any atom is 0.109 e. The van der Waals surface area contributed by atoms with Gasteiger partial charge in [0.25, 0.3) is 0 Å². The average Bonchev–Trinajstić information content (AvgIpc) is 3.06. The first-order valence-electron chi connectivity index (χ1n) is 7.62. The molecule has 5 heteroatoms. The van der Waals surface area contributed by atoms with Crippen molar-refractivity contribution in [2.45, 2.75) is 58.1 Å². The maximum atomic E-state index is 11.1. The molecular formula is C16H21ClN2O2. The van der Waals surface area contributed by atoms with Crippen LogP contribution in [0.2, 0.25) is 5.02 Å². The molecule has 0 fully saturated rings. The molecule has 0 spiro atoms. The molecule has 0 aromatic carbocycles. The van der Waals surface area contributed by atoms with Crippen molar-refractivity contribution < 1.29 is 9.52 Å². The number of aromatic nitrogens is 2. The highest BCUT2D eigenvalue weighted by Gasteiger charge is 2.38. The first kappa shape index (κ1) is 14.7. The Kier molecular flexibility index (Phi) is 3.84. The van der Waals surface area contributed by atoms with Gasteiger partial charge >= 0.3 is 0 Å². The Morgan fingerprint density at radius 2 is 2.29 bits per heavy atom. The van der Waals surface area contributed by atoms with E-state index in [0.29, 0.717) is 11.4 Å². The smallest absolute Gasteiger partial charge is 0.109 e. The third-order valence-corrected chi connectivity index (χ3v) is 4.83. The van der Waals surface area contributed by atoms with Gasteiger partial charge < -0.3 is 9.52 Å². The molecule has 1 N–H and O–H groups in total. The lowest BCUT2D eigenvalue weighted by atomic mass is 9.80. The van der Waals surface area contributed by atoms with E-state index >= 15 is 0 Å². The molecule has 0 bridgehead atoms. The van der Waals surface area contributed by atoms with E-state index < -0.39 is 5.60 Å². The Bertz CT molecular complexity index is 647. The number of hydrogen-bond donors (Lipinski definition) is 1. The van der Waals surface area contributed by atoms with E-state index in [0.717, 1.165) is 54.9 Å². The van der Waals surface area contributed by atoms with Crippen molar-refractivity contribution in [1.29, 1.82) is 0 Å². The molecule has 1 aliphatic carbocycles. The lowest BCUT2D eigenvalue weighted by Crippen LogP contribution is -2.33. The first-order valence-corrected chi connectivity index (χ1v) is 8.00. The van der Waals surface area contributed by atoms with E-state index in [2.05, 4.69) is 5.10 Å². The summed E-state index contributed by atoms with van der Waals surface area (Å²) in [5.41, 5.74) is 1.84. The zero-order chi connectivity index (χ0) is 15.0. The van der Waals surface area contributed by atoms with Crippen LogP contribution in [-0.2, 0) is 31.4 Å². The predicted octanol–water partition coefficient (Wildman–Crippen LogP) is 3.48. The molecule has 114 valence electrons. The van der Waals surface area contributed by atoms with Gasteiger partial charge in [-0.3, -0.25) is 4.68 Å². The molecule has 0 saturated heterocycles. The van der Waals surface area contributed by atoms with Gasteiger partial charge in [0.1, 0.15) is 5.76 Å². The monoisotopic (exact) mass is 308 g/mol. The van der Waals surface area contributed by atoms with Crippen molar-refractivity contribution in [1.82, 2.24) is 9.78 Å². The number of furan rings is 1. The number of aryl methyl sites for hydroxylation is 3. The second kappa shape index (κ2) is 5.50. The highest BCUT2D eigenvalue weighted by Crippen LogP contribution is 2.40. The van der Waals surface area contributed by atoms with Crippen LogP contribution in [-0.4, -0.2) is 14.9 Å². The summed E-state index contributed by atoms with van der Waals surface area (Å²) in [5, 5.41) is 16.4. The highest BCUT2D eigenvalue weighted by molar-refractivity contribution is 6.31. The number of aliphatic hydroxyl groups is 1. The van der Waals surface area contributed by atoms with Crippen LogP contribution in [0.25, 0.3) is 0 Å². The second-order valence-corrected chi connectivity index (χ2v) is 6.07. The third-order valence-electron chi connectivity index (χ3n) is 4.39. The summed E-state index contributed by atoms with van der Waals surface area (Å²) in [6, 6.07) is 1.88. The van der Waals surface area contributed by atoms with Gasteiger partial charge in [0, 0.05) is 24.9 Å². The number of rotatable bonds is 4. The summed E-state index contributed by atoms with van der Waals surface area (Å²) in [6.07, 6.45) is 5.50. The van der Waals surface area contributed by atoms with Crippen molar-refractivity contribution in [2.24, 2.45) is 0 Å². The topological polar surface area (TPSA) is 51.2 Å². The largest absolute Gasteiger partial charge is 0.469 e. The van der Waals surface area contributed by atoms with Gasteiger partial charge in [0.2, 0.25) is 0 Å². The van der Waals surface area contributed by atoms with E-state index in [1.165, 1.54) is 0 Å². The van der Waals surface area contributed by atoms with Gasteiger partial charge in [0.15, 0.2) is 0 Å².